The molecule has 0 aromatic heterocycles. The largest absolute Gasteiger partial charge is 0.452 e. The van der Waals surface area contributed by atoms with Crippen LogP contribution in [0, 0.1) is 10.1 Å². The van der Waals surface area contributed by atoms with E-state index in [0.29, 0.717) is 13.1 Å². The van der Waals surface area contributed by atoms with Crippen LogP contribution in [0.3, 0.4) is 0 Å². The van der Waals surface area contributed by atoms with E-state index in [1.54, 1.807) is 4.90 Å². The molecule has 0 bridgehead atoms. The van der Waals surface area contributed by atoms with Crippen molar-refractivity contribution in [1.29, 1.82) is 0 Å². The van der Waals surface area contributed by atoms with Crippen LogP contribution in [0.25, 0.3) is 0 Å². The molecule has 2 rings (SSSR count). The first kappa shape index (κ1) is 17.7. The molecule has 2 atom stereocenters. The number of nitro benzene ring substituents is 1. The minimum Gasteiger partial charge on any atom is -0.452 e. The summed E-state index contributed by atoms with van der Waals surface area (Å²) in [7, 11) is 0. The monoisotopic (exact) mass is 337 g/mol. The van der Waals surface area contributed by atoms with E-state index in [0.717, 1.165) is 6.07 Å². The molecule has 130 valence electrons. The molecule has 24 heavy (non-hydrogen) atoms. The van der Waals surface area contributed by atoms with Gasteiger partial charge in [-0.25, -0.2) is 4.79 Å². The molecule has 1 fully saturated rings. The lowest BCUT2D eigenvalue weighted by Gasteiger charge is -2.35. The highest BCUT2D eigenvalue weighted by atomic mass is 16.6. The lowest BCUT2D eigenvalue weighted by Crippen LogP contribution is -2.49. The van der Waals surface area contributed by atoms with Crippen LogP contribution >= 0.6 is 0 Å². The number of morpholine rings is 1. The van der Waals surface area contributed by atoms with E-state index < -0.39 is 17.5 Å². The quantitative estimate of drug-likeness (QED) is 0.375. The van der Waals surface area contributed by atoms with E-state index in [9.17, 15) is 19.7 Å². The second kappa shape index (κ2) is 7.26. The van der Waals surface area contributed by atoms with Crippen molar-refractivity contribution in [1.82, 2.24) is 4.90 Å². The average molecular weight is 337 g/mol. The zero-order valence-corrected chi connectivity index (χ0v) is 13.4. The average Bonchev–Trinajstić information content (AvgIpc) is 2.51. The third-order valence-electron chi connectivity index (χ3n) is 3.57. The molecule has 2 N–H and O–H groups in total. The number of hydrogen-bond donors (Lipinski definition) is 1. The number of carbonyl (C=O) groups excluding carboxylic acids is 2. The Labute approximate surface area is 138 Å². The third kappa shape index (κ3) is 4.19. The Balaban J connectivity index is 1.99. The van der Waals surface area contributed by atoms with Gasteiger partial charge in [-0.2, -0.15) is 0 Å². The Morgan fingerprint density at radius 3 is 2.58 bits per heavy atom. The van der Waals surface area contributed by atoms with Crippen LogP contribution < -0.4 is 5.73 Å². The number of nitro groups is 1. The van der Waals surface area contributed by atoms with Gasteiger partial charge in [-0.1, -0.05) is 0 Å². The van der Waals surface area contributed by atoms with Crippen molar-refractivity contribution in [2.75, 3.05) is 25.4 Å². The highest BCUT2D eigenvalue weighted by molar-refractivity contribution is 5.97. The molecule has 0 radical (unpaired) electrons. The number of hydrogen-bond acceptors (Lipinski definition) is 7. The minimum atomic E-state index is -0.876. The SMILES string of the molecule is C[C@@H]1CN(C(=O)COC(=O)c2cc([N+](=O)[O-])ccc2N)C[C@H](C)O1. The maximum Gasteiger partial charge on any atom is 0.341 e. The molecule has 0 spiro atoms. The number of ether oxygens (including phenoxy) is 2. The number of carbonyl (C=O) groups is 2. The van der Waals surface area contributed by atoms with Gasteiger partial charge in [-0.05, 0) is 19.9 Å². The smallest absolute Gasteiger partial charge is 0.341 e. The molecule has 1 aliphatic heterocycles. The van der Waals surface area contributed by atoms with E-state index in [-0.39, 0.29) is 35.1 Å². The van der Waals surface area contributed by atoms with E-state index in [4.69, 9.17) is 15.2 Å². The van der Waals surface area contributed by atoms with Crippen molar-refractivity contribution < 1.29 is 24.0 Å². The highest BCUT2D eigenvalue weighted by Crippen LogP contribution is 2.20. The van der Waals surface area contributed by atoms with Gasteiger partial charge in [0.15, 0.2) is 6.61 Å². The summed E-state index contributed by atoms with van der Waals surface area (Å²) in [6.45, 7) is 4.08. The second-order valence-electron chi connectivity index (χ2n) is 5.66. The number of amides is 1. The predicted molar refractivity (Wildman–Crippen MR) is 84.4 cm³/mol. The van der Waals surface area contributed by atoms with Crippen LogP contribution in [0.15, 0.2) is 18.2 Å². The normalized spacial score (nSPS) is 20.5. The zero-order valence-electron chi connectivity index (χ0n) is 13.4. The number of esters is 1. The van der Waals surface area contributed by atoms with Gasteiger partial charge in [0.2, 0.25) is 0 Å². The molecule has 0 saturated carbocycles. The summed E-state index contributed by atoms with van der Waals surface area (Å²) in [5, 5.41) is 10.8. The number of non-ortho nitro benzene ring substituents is 1. The van der Waals surface area contributed by atoms with E-state index in [2.05, 4.69) is 0 Å². The summed E-state index contributed by atoms with van der Waals surface area (Å²) < 4.78 is 10.5. The van der Waals surface area contributed by atoms with Crippen LogP contribution in [0.4, 0.5) is 11.4 Å². The molecular weight excluding hydrogens is 318 g/mol. The number of anilines is 1. The molecule has 0 unspecified atom stereocenters. The van der Waals surface area contributed by atoms with Crippen molar-refractivity contribution in [3.8, 4) is 0 Å². The first-order chi connectivity index (χ1) is 11.3. The summed E-state index contributed by atoms with van der Waals surface area (Å²) in [4.78, 5) is 35.9. The van der Waals surface area contributed by atoms with E-state index in [1.165, 1.54) is 12.1 Å². The van der Waals surface area contributed by atoms with Crippen LogP contribution in [-0.2, 0) is 14.3 Å². The number of nitrogens with zero attached hydrogens (tertiary/aromatic N) is 2. The van der Waals surface area contributed by atoms with Crippen molar-refractivity contribution in [2.45, 2.75) is 26.1 Å². The summed E-state index contributed by atoms with van der Waals surface area (Å²) >= 11 is 0. The highest BCUT2D eigenvalue weighted by Gasteiger charge is 2.27. The van der Waals surface area contributed by atoms with Crippen molar-refractivity contribution in [3.05, 3.63) is 33.9 Å². The van der Waals surface area contributed by atoms with Crippen LogP contribution in [0.2, 0.25) is 0 Å². The summed E-state index contributed by atoms with van der Waals surface area (Å²) in [5.41, 5.74) is 5.27. The maximum atomic E-state index is 12.1. The first-order valence-electron chi connectivity index (χ1n) is 7.42. The molecule has 1 heterocycles. The Morgan fingerprint density at radius 2 is 2.00 bits per heavy atom. The Bertz CT molecular complexity index is 653. The number of benzene rings is 1. The fraction of sp³-hybridized carbons (Fsp3) is 0.467. The van der Waals surface area contributed by atoms with Gasteiger partial charge in [0.1, 0.15) is 0 Å². The Kier molecular flexibility index (Phi) is 5.35. The second-order valence-corrected chi connectivity index (χ2v) is 5.66. The summed E-state index contributed by atoms with van der Waals surface area (Å²) in [5.74, 6) is -1.23. The lowest BCUT2D eigenvalue weighted by molar-refractivity contribution is -0.384. The fourth-order valence-corrected chi connectivity index (χ4v) is 2.51. The Hall–Kier alpha value is -2.68. The van der Waals surface area contributed by atoms with Crippen LogP contribution in [0.1, 0.15) is 24.2 Å². The molecule has 1 aromatic rings. The number of nitrogen functional groups attached to an aromatic ring is 1. The zero-order chi connectivity index (χ0) is 17.9. The van der Waals surface area contributed by atoms with Gasteiger partial charge in [-0.3, -0.25) is 14.9 Å². The fourth-order valence-electron chi connectivity index (χ4n) is 2.51. The van der Waals surface area contributed by atoms with Crippen molar-refractivity contribution >= 4 is 23.3 Å². The number of rotatable bonds is 4. The minimum absolute atomic E-state index is 0.0478. The van der Waals surface area contributed by atoms with E-state index >= 15 is 0 Å². The lowest BCUT2D eigenvalue weighted by atomic mass is 10.1. The molecule has 1 amide bonds. The van der Waals surface area contributed by atoms with Gasteiger partial charge >= 0.3 is 5.97 Å². The molecular formula is C15H19N3O6. The van der Waals surface area contributed by atoms with Gasteiger partial charge in [0.05, 0.1) is 22.7 Å². The maximum absolute atomic E-state index is 12.1. The molecule has 1 aliphatic rings. The molecule has 1 aromatic carbocycles. The van der Waals surface area contributed by atoms with Crippen LogP contribution in [0.5, 0.6) is 0 Å². The molecule has 0 aliphatic carbocycles. The van der Waals surface area contributed by atoms with Crippen LogP contribution in [-0.4, -0.2) is 53.6 Å². The third-order valence-corrected chi connectivity index (χ3v) is 3.57. The molecule has 9 nitrogen and oxygen atoms in total. The van der Waals surface area contributed by atoms with E-state index in [1.807, 2.05) is 13.8 Å². The van der Waals surface area contributed by atoms with Crippen molar-refractivity contribution in [3.63, 3.8) is 0 Å². The molecule has 9 heteroatoms. The molecule has 1 saturated heterocycles. The van der Waals surface area contributed by atoms with Gasteiger partial charge in [-0.15, -0.1) is 0 Å². The number of nitrogens with two attached hydrogens (primary N) is 1. The van der Waals surface area contributed by atoms with Gasteiger partial charge in [0.25, 0.3) is 11.6 Å². The standard InChI is InChI=1S/C15H19N3O6/c1-9-6-17(7-10(2)24-9)14(19)8-23-15(20)12-5-11(18(21)22)3-4-13(12)16/h3-5,9-10H,6-8,16H2,1-2H3/t9-,10+. The topological polar surface area (TPSA) is 125 Å². The van der Waals surface area contributed by atoms with Crippen molar-refractivity contribution in [2.24, 2.45) is 0 Å². The van der Waals surface area contributed by atoms with Gasteiger partial charge < -0.3 is 20.1 Å². The Morgan fingerprint density at radius 1 is 1.38 bits per heavy atom. The van der Waals surface area contributed by atoms with Gasteiger partial charge in [0, 0.05) is 30.9 Å². The first-order valence-corrected chi connectivity index (χ1v) is 7.42. The predicted octanol–water partition coefficient (Wildman–Crippen LogP) is 0.970. The summed E-state index contributed by atoms with van der Waals surface area (Å²) in [6.07, 6.45) is -0.193. The summed E-state index contributed by atoms with van der Waals surface area (Å²) in [6, 6.07) is 3.47.